The highest BCUT2D eigenvalue weighted by atomic mass is 35.5. The molecule has 26 heavy (non-hydrogen) atoms. The number of hydrogen-bond acceptors (Lipinski definition) is 4. The maximum Gasteiger partial charge on any atom is 0.260 e. The molecule has 0 unspecified atom stereocenters. The molecule has 6 nitrogen and oxygen atoms in total. The highest BCUT2D eigenvalue weighted by Gasteiger charge is 2.28. The first-order valence-electron chi connectivity index (χ1n) is 9.19. The number of likely N-dealkylation sites (tertiary alicyclic amines) is 1. The molecule has 1 aromatic carbocycles. The van der Waals surface area contributed by atoms with Crippen LogP contribution in [0.1, 0.15) is 25.7 Å². The van der Waals surface area contributed by atoms with Crippen LogP contribution in [-0.2, 0) is 9.59 Å². The Balaban J connectivity index is 0.00000243. The lowest BCUT2D eigenvalue weighted by Gasteiger charge is -2.32. The third-order valence-corrected chi connectivity index (χ3v) is 4.97. The highest BCUT2D eigenvalue weighted by molar-refractivity contribution is 5.85. The SMILES string of the molecule is Cl.O=C(N[C@H]1CCCNC1)C1CCN(C(=O)COc2ccccc2)CC1. The zero-order valence-corrected chi connectivity index (χ0v) is 15.8. The zero-order valence-electron chi connectivity index (χ0n) is 15.0. The van der Waals surface area contributed by atoms with Gasteiger partial charge in [-0.3, -0.25) is 9.59 Å². The number of rotatable bonds is 5. The summed E-state index contributed by atoms with van der Waals surface area (Å²) in [5.41, 5.74) is 0. The Morgan fingerprint density at radius 1 is 1.15 bits per heavy atom. The van der Waals surface area contributed by atoms with Crippen LogP contribution in [0.25, 0.3) is 0 Å². The topological polar surface area (TPSA) is 70.7 Å². The molecule has 0 saturated carbocycles. The van der Waals surface area contributed by atoms with Crippen LogP contribution in [0.2, 0.25) is 0 Å². The van der Waals surface area contributed by atoms with Crippen molar-refractivity contribution in [1.82, 2.24) is 15.5 Å². The van der Waals surface area contributed by atoms with E-state index in [4.69, 9.17) is 4.74 Å². The van der Waals surface area contributed by atoms with E-state index in [0.717, 1.165) is 38.8 Å². The second-order valence-electron chi connectivity index (χ2n) is 6.81. The second-order valence-corrected chi connectivity index (χ2v) is 6.81. The number of halogens is 1. The number of benzene rings is 1. The van der Waals surface area contributed by atoms with Crippen molar-refractivity contribution in [2.24, 2.45) is 5.92 Å². The average Bonchev–Trinajstić information content (AvgIpc) is 2.68. The highest BCUT2D eigenvalue weighted by Crippen LogP contribution is 2.18. The first-order valence-corrected chi connectivity index (χ1v) is 9.19. The molecule has 2 heterocycles. The summed E-state index contributed by atoms with van der Waals surface area (Å²) in [4.78, 5) is 26.4. The number of piperidine rings is 2. The van der Waals surface area contributed by atoms with Gasteiger partial charge >= 0.3 is 0 Å². The van der Waals surface area contributed by atoms with E-state index < -0.39 is 0 Å². The predicted octanol–water partition coefficient (Wildman–Crippen LogP) is 1.59. The van der Waals surface area contributed by atoms with Crippen LogP contribution in [0.5, 0.6) is 5.75 Å². The van der Waals surface area contributed by atoms with Crippen LogP contribution in [0.3, 0.4) is 0 Å². The molecule has 2 N–H and O–H groups in total. The molecule has 7 heteroatoms. The fourth-order valence-electron chi connectivity index (χ4n) is 3.44. The minimum Gasteiger partial charge on any atom is -0.484 e. The van der Waals surface area contributed by atoms with Crippen molar-refractivity contribution in [3.63, 3.8) is 0 Å². The van der Waals surface area contributed by atoms with Gasteiger partial charge < -0.3 is 20.3 Å². The van der Waals surface area contributed by atoms with Crippen molar-refractivity contribution in [3.8, 4) is 5.75 Å². The van der Waals surface area contributed by atoms with Crippen LogP contribution < -0.4 is 15.4 Å². The summed E-state index contributed by atoms with van der Waals surface area (Å²) in [6.45, 7) is 3.20. The first-order chi connectivity index (χ1) is 12.2. The monoisotopic (exact) mass is 381 g/mol. The quantitative estimate of drug-likeness (QED) is 0.812. The standard InChI is InChI=1S/C19H27N3O3.ClH/c23-18(14-25-17-6-2-1-3-7-17)22-11-8-15(9-12-22)19(24)21-16-5-4-10-20-13-16;/h1-3,6-7,15-16,20H,4-5,8-14H2,(H,21,24);1H/t16-;/m0./s1. The maximum atomic E-state index is 12.4. The molecule has 144 valence electrons. The Morgan fingerprint density at radius 3 is 2.54 bits per heavy atom. The summed E-state index contributed by atoms with van der Waals surface area (Å²) in [6.07, 6.45) is 3.61. The van der Waals surface area contributed by atoms with E-state index in [0.29, 0.717) is 18.8 Å². The van der Waals surface area contributed by atoms with Gasteiger partial charge in [0.1, 0.15) is 5.75 Å². The van der Waals surface area contributed by atoms with E-state index in [1.165, 1.54) is 0 Å². The van der Waals surface area contributed by atoms with E-state index in [9.17, 15) is 9.59 Å². The van der Waals surface area contributed by atoms with E-state index in [1.807, 2.05) is 30.3 Å². The molecule has 0 bridgehead atoms. The van der Waals surface area contributed by atoms with Gasteiger partial charge in [-0.25, -0.2) is 0 Å². The Bertz CT molecular complexity index is 571. The summed E-state index contributed by atoms with van der Waals surface area (Å²) >= 11 is 0. The third-order valence-electron chi connectivity index (χ3n) is 4.97. The number of carbonyl (C=O) groups excluding carboxylic acids is 2. The van der Waals surface area contributed by atoms with Gasteiger partial charge in [0.15, 0.2) is 6.61 Å². The number of para-hydroxylation sites is 1. The fourth-order valence-corrected chi connectivity index (χ4v) is 3.44. The van der Waals surface area contributed by atoms with Gasteiger partial charge in [-0.15, -0.1) is 12.4 Å². The molecule has 2 aliphatic rings. The molecule has 0 radical (unpaired) electrons. The summed E-state index contributed by atoms with van der Waals surface area (Å²) in [6, 6.07) is 9.60. The molecule has 0 aliphatic carbocycles. The van der Waals surface area contributed by atoms with Crippen LogP contribution in [0, 0.1) is 5.92 Å². The summed E-state index contributed by atoms with van der Waals surface area (Å²) < 4.78 is 5.52. The van der Waals surface area contributed by atoms with Crippen LogP contribution in [0.15, 0.2) is 30.3 Å². The molecule has 1 atom stereocenters. The second kappa shape index (κ2) is 10.4. The number of carbonyl (C=O) groups is 2. The lowest BCUT2D eigenvalue weighted by Crippen LogP contribution is -2.50. The van der Waals surface area contributed by atoms with Gasteiger partial charge in [-0.2, -0.15) is 0 Å². The Labute approximate surface area is 161 Å². The lowest BCUT2D eigenvalue weighted by molar-refractivity contribution is -0.137. The molecule has 0 spiro atoms. The average molecular weight is 382 g/mol. The smallest absolute Gasteiger partial charge is 0.260 e. The van der Waals surface area contributed by atoms with Crippen molar-refractivity contribution in [2.45, 2.75) is 31.7 Å². The largest absolute Gasteiger partial charge is 0.484 e. The molecule has 1 aromatic rings. The van der Waals surface area contributed by atoms with E-state index >= 15 is 0 Å². The molecule has 2 saturated heterocycles. The molecular weight excluding hydrogens is 354 g/mol. The van der Waals surface area contributed by atoms with Crippen molar-refractivity contribution < 1.29 is 14.3 Å². The number of nitrogens with zero attached hydrogens (tertiary/aromatic N) is 1. The first kappa shape index (κ1) is 20.5. The molecule has 3 rings (SSSR count). The van der Waals surface area contributed by atoms with Crippen LogP contribution >= 0.6 is 12.4 Å². The molecule has 2 amide bonds. The van der Waals surface area contributed by atoms with E-state index in [-0.39, 0.29) is 42.8 Å². The summed E-state index contributed by atoms with van der Waals surface area (Å²) in [5.74, 6) is 0.841. The van der Waals surface area contributed by atoms with Crippen molar-refractivity contribution >= 4 is 24.2 Å². The zero-order chi connectivity index (χ0) is 17.5. The maximum absolute atomic E-state index is 12.4. The number of nitrogens with one attached hydrogen (secondary N) is 2. The normalized spacial score (nSPS) is 20.8. The number of hydrogen-bond donors (Lipinski definition) is 2. The van der Waals surface area contributed by atoms with Crippen molar-refractivity contribution in [1.29, 1.82) is 0 Å². The van der Waals surface area contributed by atoms with Gasteiger partial charge in [0.25, 0.3) is 5.91 Å². The molecular formula is C19H28ClN3O3. The van der Waals surface area contributed by atoms with Crippen LogP contribution in [0.4, 0.5) is 0 Å². The summed E-state index contributed by atoms with van der Waals surface area (Å²) in [7, 11) is 0. The van der Waals surface area contributed by atoms with E-state index in [2.05, 4.69) is 10.6 Å². The van der Waals surface area contributed by atoms with Crippen molar-refractivity contribution in [3.05, 3.63) is 30.3 Å². The molecule has 0 aromatic heterocycles. The Kier molecular flexibility index (Phi) is 8.19. The van der Waals surface area contributed by atoms with Gasteiger partial charge in [-0.05, 0) is 44.4 Å². The molecule has 2 aliphatic heterocycles. The van der Waals surface area contributed by atoms with Gasteiger partial charge in [0, 0.05) is 31.6 Å². The Hall–Kier alpha value is -1.79. The van der Waals surface area contributed by atoms with Gasteiger partial charge in [0.2, 0.25) is 5.91 Å². The minimum atomic E-state index is -0.0146. The van der Waals surface area contributed by atoms with Crippen LogP contribution in [-0.4, -0.2) is 55.5 Å². The molecule has 2 fully saturated rings. The lowest BCUT2D eigenvalue weighted by atomic mass is 9.95. The van der Waals surface area contributed by atoms with Crippen molar-refractivity contribution in [2.75, 3.05) is 32.8 Å². The summed E-state index contributed by atoms with van der Waals surface area (Å²) in [5, 5.41) is 6.46. The number of amides is 2. The van der Waals surface area contributed by atoms with E-state index in [1.54, 1.807) is 4.90 Å². The number of ether oxygens (including phenoxy) is 1. The van der Waals surface area contributed by atoms with Gasteiger partial charge in [0.05, 0.1) is 0 Å². The minimum absolute atomic E-state index is 0. The predicted molar refractivity (Wildman–Crippen MR) is 103 cm³/mol. The fraction of sp³-hybridized carbons (Fsp3) is 0.579. The Morgan fingerprint density at radius 2 is 1.88 bits per heavy atom. The van der Waals surface area contributed by atoms with Gasteiger partial charge in [-0.1, -0.05) is 18.2 Å². The third kappa shape index (κ3) is 5.88.